The summed E-state index contributed by atoms with van der Waals surface area (Å²) in [5, 5.41) is 12.3. The second-order valence-corrected chi connectivity index (χ2v) is 6.21. The van der Waals surface area contributed by atoms with E-state index < -0.39 is 12.1 Å². The zero-order chi connectivity index (χ0) is 18.9. The van der Waals surface area contributed by atoms with E-state index in [0.29, 0.717) is 30.7 Å². The van der Waals surface area contributed by atoms with Crippen LogP contribution in [0.2, 0.25) is 0 Å². The van der Waals surface area contributed by atoms with Gasteiger partial charge in [0, 0.05) is 5.56 Å². The fourth-order valence-corrected chi connectivity index (χ4v) is 2.74. The van der Waals surface area contributed by atoms with E-state index in [9.17, 15) is 14.7 Å². The number of hydrogen-bond donors (Lipinski definition) is 2. The number of Topliss-reactive ketones (excluding diaryl/α,β-unsaturated/α-hetero) is 1. The van der Waals surface area contributed by atoms with Gasteiger partial charge in [0.1, 0.15) is 12.1 Å². The lowest BCUT2D eigenvalue weighted by Crippen LogP contribution is -3.00. The number of carbonyl (C=O) groups is 2. The summed E-state index contributed by atoms with van der Waals surface area (Å²) >= 11 is 0. The van der Waals surface area contributed by atoms with Gasteiger partial charge in [-0.25, -0.2) is 4.79 Å². The van der Waals surface area contributed by atoms with Gasteiger partial charge in [0.05, 0.1) is 25.1 Å². The third-order valence-electron chi connectivity index (χ3n) is 4.24. The van der Waals surface area contributed by atoms with Crippen molar-refractivity contribution in [1.82, 2.24) is 0 Å². The molecular weight excluding hydrogens is 366 g/mol. The highest BCUT2D eigenvalue weighted by Crippen LogP contribution is 2.14. The molecule has 2 aromatic rings. The summed E-state index contributed by atoms with van der Waals surface area (Å²) in [5.41, 5.74) is 1.75. The number of nitrogens with two attached hydrogens (primary N) is 1. The van der Waals surface area contributed by atoms with Gasteiger partial charge in [-0.1, -0.05) is 42.5 Å². The third-order valence-corrected chi connectivity index (χ3v) is 4.24. The molecule has 0 heterocycles. The molecule has 0 aliphatic heterocycles. The van der Waals surface area contributed by atoms with Crippen LogP contribution < -0.4 is 17.7 Å². The molecule has 3 N–H and O–H groups in total. The second kappa shape index (κ2) is 11.5. The second-order valence-electron chi connectivity index (χ2n) is 6.21. The number of rotatable bonds is 9. The van der Waals surface area contributed by atoms with Crippen molar-refractivity contribution in [1.29, 1.82) is 0 Å². The zero-order valence-corrected chi connectivity index (χ0v) is 16.4. The molecule has 0 radical (unpaired) electrons. The molecule has 27 heavy (non-hydrogen) atoms. The maximum atomic E-state index is 12.4. The number of esters is 1. The standard InChI is InChI=1S/C21H25NO4.ClH/c1-3-26-21(25)18-11-7-10-17(14-18)19(23)12-13-22-15(2)20(24)16-8-5-4-6-9-16;/h4-11,14-15,20,22,24H,3,12-13H2,1-2H3;1H. The predicted octanol–water partition coefficient (Wildman–Crippen LogP) is -0.874. The van der Waals surface area contributed by atoms with Crippen LogP contribution in [0.5, 0.6) is 0 Å². The van der Waals surface area contributed by atoms with Crippen LogP contribution in [0.25, 0.3) is 0 Å². The number of quaternary nitrogens is 1. The smallest absolute Gasteiger partial charge is 0.338 e. The number of halogens is 1. The highest BCUT2D eigenvalue weighted by molar-refractivity contribution is 5.99. The van der Waals surface area contributed by atoms with Crippen molar-refractivity contribution in [2.75, 3.05) is 13.2 Å². The van der Waals surface area contributed by atoms with E-state index in [0.717, 1.165) is 5.56 Å². The highest BCUT2D eigenvalue weighted by Gasteiger charge is 2.19. The molecule has 0 fully saturated rings. The molecular formula is C21H26ClNO4. The van der Waals surface area contributed by atoms with Crippen LogP contribution in [0.15, 0.2) is 54.6 Å². The van der Waals surface area contributed by atoms with Crippen molar-refractivity contribution in [2.45, 2.75) is 32.4 Å². The molecule has 2 rings (SSSR count). The first-order valence-electron chi connectivity index (χ1n) is 8.89. The van der Waals surface area contributed by atoms with Gasteiger partial charge in [-0.15, -0.1) is 0 Å². The number of hydrogen-bond acceptors (Lipinski definition) is 4. The molecule has 2 aromatic carbocycles. The zero-order valence-electron chi connectivity index (χ0n) is 15.6. The van der Waals surface area contributed by atoms with Gasteiger partial charge in [-0.2, -0.15) is 0 Å². The summed E-state index contributed by atoms with van der Waals surface area (Å²) in [6.07, 6.45) is -0.253. The first kappa shape index (κ1) is 22.8. The van der Waals surface area contributed by atoms with Crippen LogP contribution in [-0.2, 0) is 4.74 Å². The minimum absolute atomic E-state index is 0. The van der Waals surface area contributed by atoms with Crippen LogP contribution in [0.3, 0.4) is 0 Å². The van der Waals surface area contributed by atoms with Crippen molar-refractivity contribution in [3.63, 3.8) is 0 Å². The molecule has 0 aliphatic carbocycles. The normalized spacial score (nSPS) is 12.6. The highest BCUT2D eigenvalue weighted by atomic mass is 35.5. The lowest BCUT2D eigenvalue weighted by molar-refractivity contribution is -0.693. The quantitative estimate of drug-likeness (QED) is 0.430. The Morgan fingerprint density at radius 1 is 1.07 bits per heavy atom. The lowest BCUT2D eigenvalue weighted by Gasteiger charge is -2.17. The lowest BCUT2D eigenvalue weighted by atomic mass is 10.0. The average molecular weight is 392 g/mol. The Balaban J connectivity index is 0.00000364. The summed E-state index contributed by atoms with van der Waals surface area (Å²) < 4.78 is 4.96. The Morgan fingerprint density at radius 2 is 1.74 bits per heavy atom. The number of benzene rings is 2. The maximum Gasteiger partial charge on any atom is 0.338 e. The molecule has 146 valence electrons. The molecule has 0 saturated heterocycles. The summed E-state index contributed by atoms with van der Waals surface area (Å²) in [6.45, 7) is 4.54. The first-order chi connectivity index (χ1) is 12.5. The first-order valence-corrected chi connectivity index (χ1v) is 8.89. The summed E-state index contributed by atoms with van der Waals surface area (Å²) in [4.78, 5) is 24.1. The van der Waals surface area contributed by atoms with E-state index in [1.54, 1.807) is 31.2 Å². The van der Waals surface area contributed by atoms with Crippen LogP contribution in [0.4, 0.5) is 0 Å². The van der Waals surface area contributed by atoms with Crippen molar-refractivity contribution in [2.24, 2.45) is 0 Å². The number of ether oxygens (including phenoxy) is 1. The molecule has 0 aromatic heterocycles. The predicted molar refractivity (Wildman–Crippen MR) is 99.0 cm³/mol. The number of aliphatic hydroxyl groups excluding tert-OH is 1. The minimum Gasteiger partial charge on any atom is -1.00 e. The van der Waals surface area contributed by atoms with E-state index in [1.807, 2.05) is 42.6 Å². The van der Waals surface area contributed by atoms with Crippen molar-refractivity contribution < 1.29 is 37.2 Å². The van der Waals surface area contributed by atoms with Crippen LogP contribution in [-0.4, -0.2) is 36.1 Å². The molecule has 0 saturated carbocycles. The topological polar surface area (TPSA) is 80.2 Å². The van der Waals surface area contributed by atoms with Crippen LogP contribution in [0, 0.1) is 0 Å². The Labute approximate surface area is 166 Å². The van der Waals surface area contributed by atoms with Gasteiger partial charge in [-0.05, 0) is 31.5 Å². The third kappa shape index (κ3) is 6.79. The number of ketones is 1. The Morgan fingerprint density at radius 3 is 2.41 bits per heavy atom. The fraction of sp³-hybridized carbons (Fsp3) is 0.333. The van der Waals surface area contributed by atoms with E-state index in [-0.39, 0.29) is 24.2 Å². The van der Waals surface area contributed by atoms with Crippen molar-refractivity contribution in [3.8, 4) is 0 Å². The van der Waals surface area contributed by atoms with E-state index in [2.05, 4.69) is 0 Å². The molecule has 0 amide bonds. The van der Waals surface area contributed by atoms with Gasteiger partial charge < -0.3 is 27.6 Å². The van der Waals surface area contributed by atoms with Gasteiger partial charge in [0.25, 0.3) is 0 Å². The largest absolute Gasteiger partial charge is 1.00 e. The molecule has 6 heteroatoms. The van der Waals surface area contributed by atoms with Gasteiger partial charge in [0.2, 0.25) is 0 Å². The van der Waals surface area contributed by atoms with Crippen LogP contribution in [0.1, 0.15) is 52.7 Å². The van der Waals surface area contributed by atoms with Gasteiger partial charge in [0.15, 0.2) is 5.78 Å². The van der Waals surface area contributed by atoms with E-state index >= 15 is 0 Å². The molecule has 0 spiro atoms. The number of aliphatic hydroxyl groups is 1. The Hall–Kier alpha value is -2.21. The molecule has 0 bridgehead atoms. The van der Waals surface area contributed by atoms with Gasteiger partial charge >= 0.3 is 5.97 Å². The molecule has 2 atom stereocenters. The van der Waals surface area contributed by atoms with E-state index in [4.69, 9.17) is 4.74 Å². The van der Waals surface area contributed by atoms with Crippen LogP contribution >= 0.6 is 0 Å². The van der Waals surface area contributed by atoms with Crippen molar-refractivity contribution >= 4 is 11.8 Å². The van der Waals surface area contributed by atoms with Gasteiger partial charge in [-0.3, -0.25) is 4.79 Å². The Bertz CT molecular complexity index is 736. The molecule has 5 nitrogen and oxygen atoms in total. The summed E-state index contributed by atoms with van der Waals surface area (Å²) in [6, 6.07) is 16.0. The Kier molecular flexibility index (Phi) is 9.72. The average Bonchev–Trinajstić information content (AvgIpc) is 2.68. The maximum absolute atomic E-state index is 12.4. The molecule has 2 unspecified atom stereocenters. The summed E-state index contributed by atoms with van der Waals surface area (Å²) in [5.74, 6) is -0.456. The monoisotopic (exact) mass is 391 g/mol. The molecule has 0 aliphatic rings. The number of carbonyl (C=O) groups excluding carboxylic acids is 2. The van der Waals surface area contributed by atoms with Crippen molar-refractivity contribution in [3.05, 3.63) is 71.3 Å². The van der Waals surface area contributed by atoms with E-state index in [1.165, 1.54) is 0 Å². The SMILES string of the molecule is CCOC(=O)c1cccc(C(=O)CC[NH2+]C(C)C(O)c2ccccc2)c1.[Cl-]. The minimum atomic E-state index is -0.585. The summed E-state index contributed by atoms with van der Waals surface area (Å²) in [7, 11) is 0. The fourth-order valence-electron chi connectivity index (χ4n) is 2.74.